The van der Waals surface area contributed by atoms with Crippen LogP contribution in [0.4, 0.5) is 4.39 Å². The van der Waals surface area contributed by atoms with E-state index in [4.69, 9.17) is 4.74 Å². The third kappa shape index (κ3) is 3.55. The number of methoxy groups -OCH3 is 1. The van der Waals surface area contributed by atoms with E-state index >= 15 is 0 Å². The molecule has 0 aliphatic carbocycles. The van der Waals surface area contributed by atoms with Crippen molar-refractivity contribution in [3.8, 4) is 5.75 Å². The van der Waals surface area contributed by atoms with Crippen LogP contribution in [0.2, 0.25) is 0 Å². The van der Waals surface area contributed by atoms with Gasteiger partial charge in [0, 0.05) is 18.2 Å². The molecule has 2 aromatic carbocycles. The topological polar surface area (TPSA) is 21.3 Å². The third-order valence-corrected chi connectivity index (χ3v) is 3.16. The van der Waals surface area contributed by atoms with Gasteiger partial charge in [-0.1, -0.05) is 30.3 Å². The lowest BCUT2D eigenvalue weighted by Crippen LogP contribution is -2.18. The molecule has 0 heterocycles. The minimum absolute atomic E-state index is 0.158. The van der Waals surface area contributed by atoms with E-state index in [2.05, 4.69) is 12.2 Å². The van der Waals surface area contributed by atoms with Crippen LogP contribution < -0.4 is 10.1 Å². The van der Waals surface area contributed by atoms with Crippen LogP contribution >= 0.6 is 0 Å². The number of benzene rings is 2. The summed E-state index contributed by atoms with van der Waals surface area (Å²) >= 11 is 0. The highest BCUT2D eigenvalue weighted by Gasteiger charge is 2.07. The maximum absolute atomic E-state index is 12.9. The summed E-state index contributed by atoms with van der Waals surface area (Å²) in [6, 6.07) is 14.6. The van der Waals surface area contributed by atoms with Gasteiger partial charge in [0.1, 0.15) is 11.6 Å². The molecular weight excluding hydrogens is 241 g/mol. The number of nitrogens with one attached hydrogen (secondary N) is 1. The molecule has 0 fully saturated rings. The highest BCUT2D eigenvalue weighted by atomic mass is 19.1. The number of halogens is 1. The maximum Gasteiger partial charge on any atom is 0.123 e. The van der Waals surface area contributed by atoms with E-state index in [1.807, 2.05) is 24.3 Å². The molecule has 0 spiro atoms. The molecule has 0 saturated carbocycles. The first-order chi connectivity index (χ1) is 9.20. The van der Waals surface area contributed by atoms with Crippen LogP contribution in [0.1, 0.15) is 24.1 Å². The van der Waals surface area contributed by atoms with Crippen LogP contribution in [0.25, 0.3) is 0 Å². The second kappa shape index (κ2) is 6.34. The van der Waals surface area contributed by atoms with Crippen molar-refractivity contribution in [3.63, 3.8) is 0 Å². The first kappa shape index (κ1) is 13.6. The van der Waals surface area contributed by atoms with Crippen LogP contribution in [-0.4, -0.2) is 7.11 Å². The molecule has 1 N–H and O–H groups in total. The molecule has 0 radical (unpaired) electrons. The first-order valence-electron chi connectivity index (χ1n) is 6.31. The van der Waals surface area contributed by atoms with Gasteiger partial charge in [0.05, 0.1) is 7.11 Å². The van der Waals surface area contributed by atoms with Crippen LogP contribution in [0, 0.1) is 5.82 Å². The van der Waals surface area contributed by atoms with Gasteiger partial charge in [-0.2, -0.15) is 0 Å². The number of hydrogen-bond acceptors (Lipinski definition) is 2. The van der Waals surface area contributed by atoms with E-state index in [9.17, 15) is 4.39 Å². The quantitative estimate of drug-likeness (QED) is 0.884. The van der Waals surface area contributed by atoms with Gasteiger partial charge in [0.2, 0.25) is 0 Å². The Balaban J connectivity index is 2.00. The highest BCUT2D eigenvalue weighted by molar-refractivity contribution is 5.33. The number of para-hydroxylation sites is 1. The molecule has 0 saturated heterocycles. The molecule has 2 rings (SSSR count). The number of rotatable bonds is 5. The molecule has 0 aliphatic rings. The molecule has 100 valence electrons. The van der Waals surface area contributed by atoms with E-state index in [0.717, 1.165) is 16.9 Å². The normalized spacial score (nSPS) is 12.2. The lowest BCUT2D eigenvalue weighted by molar-refractivity contribution is 0.406. The van der Waals surface area contributed by atoms with Gasteiger partial charge in [-0.05, 0) is 30.7 Å². The third-order valence-electron chi connectivity index (χ3n) is 3.16. The van der Waals surface area contributed by atoms with Crippen LogP contribution in [-0.2, 0) is 6.54 Å². The molecular formula is C16H18FNO. The minimum Gasteiger partial charge on any atom is -0.496 e. The summed E-state index contributed by atoms with van der Waals surface area (Å²) in [6.45, 7) is 2.77. The molecule has 1 atom stereocenters. The molecule has 0 bridgehead atoms. The summed E-state index contributed by atoms with van der Waals surface area (Å²) in [5.41, 5.74) is 2.18. The van der Waals surface area contributed by atoms with E-state index < -0.39 is 0 Å². The summed E-state index contributed by atoms with van der Waals surface area (Å²) in [6.07, 6.45) is 0. The fourth-order valence-corrected chi connectivity index (χ4v) is 1.98. The largest absolute Gasteiger partial charge is 0.496 e. The Labute approximate surface area is 113 Å². The Morgan fingerprint density at radius 1 is 1.11 bits per heavy atom. The van der Waals surface area contributed by atoms with Crippen molar-refractivity contribution in [2.45, 2.75) is 19.5 Å². The second-order valence-corrected chi connectivity index (χ2v) is 4.47. The summed E-state index contributed by atoms with van der Waals surface area (Å²) in [4.78, 5) is 0. The summed E-state index contributed by atoms with van der Waals surface area (Å²) in [5, 5.41) is 3.41. The Kier molecular flexibility index (Phi) is 4.53. The number of hydrogen-bond donors (Lipinski definition) is 1. The lowest BCUT2D eigenvalue weighted by Gasteiger charge is -2.15. The zero-order chi connectivity index (χ0) is 13.7. The average Bonchev–Trinajstić information content (AvgIpc) is 2.45. The average molecular weight is 259 g/mol. The summed E-state index contributed by atoms with van der Waals surface area (Å²) in [5.74, 6) is 0.669. The molecule has 2 nitrogen and oxygen atoms in total. The van der Waals surface area contributed by atoms with Crippen molar-refractivity contribution in [2.24, 2.45) is 0 Å². The van der Waals surface area contributed by atoms with Gasteiger partial charge in [0.15, 0.2) is 0 Å². The van der Waals surface area contributed by atoms with Gasteiger partial charge < -0.3 is 10.1 Å². The Morgan fingerprint density at radius 3 is 2.47 bits per heavy atom. The summed E-state index contributed by atoms with van der Waals surface area (Å²) in [7, 11) is 1.67. The van der Waals surface area contributed by atoms with Gasteiger partial charge in [-0.15, -0.1) is 0 Å². The van der Waals surface area contributed by atoms with Crippen LogP contribution in [0.3, 0.4) is 0 Å². The molecule has 0 unspecified atom stereocenters. The van der Waals surface area contributed by atoms with Crippen molar-refractivity contribution < 1.29 is 9.13 Å². The first-order valence-corrected chi connectivity index (χ1v) is 6.31. The fourth-order valence-electron chi connectivity index (χ4n) is 1.98. The predicted molar refractivity (Wildman–Crippen MR) is 74.6 cm³/mol. The Hall–Kier alpha value is -1.87. The molecule has 0 aliphatic heterocycles. The van der Waals surface area contributed by atoms with Crippen molar-refractivity contribution >= 4 is 0 Å². The van der Waals surface area contributed by atoms with Crippen LogP contribution in [0.5, 0.6) is 5.75 Å². The Morgan fingerprint density at radius 2 is 1.79 bits per heavy atom. The number of ether oxygens (including phenoxy) is 1. The second-order valence-electron chi connectivity index (χ2n) is 4.47. The van der Waals surface area contributed by atoms with E-state index in [0.29, 0.717) is 6.54 Å². The smallest absolute Gasteiger partial charge is 0.123 e. The zero-order valence-electron chi connectivity index (χ0n) is 11.2. The van der Waals surface area contributed by atoms with Crippen molar-refractivity contribution in [2.75, 3.05) is 7.11 Å². The van der Waals surface area contributed by atoms with Crippen molar-refractivity contribution in [3.05, 3.63) is 65.5 Å². The van der Waals surface area contributed by atoms with Crippen molar-refractivity contribution in [1.82, 2.24) is 5.32 Å². The zero-order valence-corrected chi connectivity index (χ0v) is 11.2. The monoisotopic (exact) mass is 259 g/mol. The standard InChI is InChI=1S/C16H18FNO/c1-12(13-7-9-15(17)10-8-13)18-11-14-5-3-4-6-16(14)19-2/h3-10,12,18H,11H2,1-2H3/t12-/m1/s1. The minimum atomic E-state index is -0.208. The summed E-state index contributed by atoms with van der Waals surface area (Å²) < 4.78 is 18.2. The van der Waals surface area contributed by atoms with Crippen LogP contribution in [0.15, 0.2) is 48.5 Å². The predicted octanol–water partition coefficient (Wildman–Crippen LogP) is 3.69. The highest BCUT2D eigenvalue weighted by Crippen LogP contribution is 2.19. The molecule has 3 heteroatoms. The molecule has 0 aromatic heterocycles. The maximum atomic E-state index is 12.9. The fraction of sp³-hybridized carbons (Fsp3) is 0.250. The van der Waals surface area contributed by atoms with E-state index in [-0.39, 0.29) is 11.9 Å². The van der Waals surface area contributed by atoms with Crippen molar-refractivity contribution in [1.29, 1.82) is 0 Å². The van der Waals surface area contributed by atoms with Gasteiger partial charge in [-0.25, -0.2) is 4.39 Å². The molecule has 19 heavy (non-hydrogen) atoms. The molecule has 2 aromatic rings. The molecule has 0 amide bonds. The lowest BCUT2D eigenvalue weighted by atomic mass is 10.1. The Bertz CT molecular complexity index is 525. The van der Waals surface area contributed by atoms with Gasteiger partial charge in [0.25, 0.3) is 0 Å². The van der Waals surface area contributed by atoms with E-state index in [1.165, 1.54) is 12.1 Å². The van der Waals surface area contributed by atoms with Gasteiger partial charge in [-0.3, -0.25) is 0 Å². The SMILES string of the molecule is COc1ccccc1CN[C@H](C)c1ccc(F)cc1. The van der Waals surface area contributed by atoms with Gasteiger partial charge >= 0.3 is 0 Å². The van der Waals surface area contributed by atoms with E-state index in [1.54, 1.807) is 19.2 Å².